The number of rotatable bonds is 66. The summed E-state index contributed by atoms with van der Waals surface area (Å²) in [6.07, 6.45) is 89.3. The summed E-state index contributed by atoms with van der Waals surface area (Å²) in [5.74, 6) is -0.0556. The number of aliphatic hydroxyl groups excluding tert-OH is 2. The van der Waals surface area contributed by atoms with Gasteiger partial charge in [-0.25, -0.2) is 0 Å². The van der Waals surface area contributed by atoms with E-state index in [0.29, 0.717) is 19.4 Å². The molecular weight excluding hydrogens is 971 g/mol. The van der Waals surface area contributed by atoms with E-state index in [2.05, 4.69) is 55.6 Å². The van der Waals surface area contributed by atoms with E-state index in [-0.39, 0.29) is 18.5 Å². The van der Waals surface area contributed by atoms with Gasteiger partial charge in [0, 0.05) is 12.8 Å². The minimum absolute atomic E-state index is 0.00889. The maximum Gasteiger partial charge on any atom is 0.305 e. The number of carbonyl (C=O) groups is 2. The van der Waals surface area contributed by atoms with Gasteiger partial charge in [0.05, 0.1) is 25.4 Å². The van der Waals surface area contributed by atoms with Crippen molar-refractivity contribution < 1.29 is 24.5 Å². The molecular formula is C73H137NO5. The van der Waals surface area contributed by atoms with E-state index in [1.165, 1.54) is 302 Å². The van der Waals surface area contributed by atoms with Gasteiger partial charge in [-0.3, -0.25) is 9.59 Å². The second kappa shape index (κ2) is 68.3. The molecule has 0 aromatic carbocycles. The topological polar surface area (TPSA) is 95.9 Å². The number of amides is 1. The average molecular weight is 1110 g/mol. The smallest absolute Gasteiger partial charge is 0.305 e. The van der Waals surface area contributed by atoms with Crippen LogP contribution in [0.3, 0.4) is 0 Å². The highest BCUT2D eigenvalue weighted by Gasteiger charge is 2.18. The van der Waals surface area contributed by atoms with E-state index in [0.717, 1.165) is 51.4 Å². The molecule has 464 valence electrons. The Morgan fingerprint density at radius 2 is 0.646 bits per heavy atom. The van der Waals surface area contributed by atoms with Gasteiger partial charge < -0.3 is 20.3 Å². The highest BCUT2D eigenvalue weighted by atomic mass is 16.5. The second-order valence-electron chi connectivity index (χ2n) is 24.2. The Morgan fingerprint density at radius 3 is 1.01 bits per heavy atom. The molecule has 2 unspecified atom stereocenters. The Morgan fingerprint density at radius 1 is 0.354 bits per heavy atom. The molecule has 0 aromatic heterocycles. The van der Waals surface area contributed by atoms with Crippen LogP contribution in [-0.2, 0) is 14.3 Å². The number of allylic oxidation sites excluding steroid dienone is 7. The van der Waals surface area contributed by atoms with Crippen LogP contribution in [0, 0.1) is 0 Å². The number of unbranched alkanes of at least 4 members (excludes halogenated alkanes) is 49. The van der Waals surface area contributed by atoms with Crippen molar-refractivity contribution in [3.63, 3.8) is 0 Å². The fraction of sp³-hybridized carbons (Fsp3) is 0.863. The van der Waals surface area contributed by atoms with E-state index >= 15 is 0 Å². The summed E-state index contributed by atoms with van der Waals surface area (Å²) >= 11 is 0. The predicted octanol–water partition coefficient (Wildman–Crippen LogP) is 22.9. The number of hydrogen-bond donors (Lipinski definition) is 3. The van der Waals surface area contributed by atoms with Crippen LogP contribution < -0.4 is 5.32 Å². The van der Waals surface area contributed by atoms with Crippen LogP contribution in [0.4, 0.5) is 0 Å². The zero-order valence-corrected chi connectivity index (χ0v) is 53.1. The van der Waals surface area contributed by atoms with Crippen LogP contribution in [0.1, 0.15) is 380 Å². The van der Waals surface area contributed by atoms with Gasteiger partial charge in [-0.2, -0.15) is 0 Å². The van der Waals surface area contributed by atoms with Crippen LogP contribution in [0.2, 0.25) is 0 Å². The molecule has 6 heteroatoms. The zero-order chi connectivity index (χ0) is 57.1. The van der Waals surface area contributed by atoms with Crippen molar-refractivity contribution in [2.24, 2.45) is 0 Å². The standard InChI is InChI=1S/C73H137NO5/c1-3-5-7-9-11-13-15-46-49-53-57-61-65-71(76)70(69-75)74-72(77)66-62-58-54-50-47-43-41-39-37-35-33-31-29-27-25-23-21-19-17-16-18-20-22-24-26-28-30-32-34-36-38-40-42-44-48-52-56-60-64-68-79-73(78)67-63-59-55-51-45-14-12-10-8-6-4-2/h10,12,16-17,20,22,61,65,70-71,75-76H,3-9,11,13-15,18-19,21,23-60,62-64,66-69H2,1-2H3,(H,74,77)/b12-10-,17-16-,22-20-,65-61+. The first-order chi connectivity index (χ1) is 39.0. The van der Waals surface area contributed by atoms with Crippen molar-refractivity contribution in [3.8, 4) is 0 Å². The molecule has 0 fully saturated rings. The molecule has 0 saturated carbocycles. The highest BCUT2D eigenvalue weighted by Crippen LogP contribution is 2.18. The molecule has 6 nitrogen and oxygen atoms in total. The van der Waals surface area contributed by atoms with Crippen molar-refractivity contribution >= 4 is 11.9 Å². The first-order valence-electron chi connectivity index (χ1n) is 35.4. The lowest BCUT2D eigenvalue weighted by Crippen LogP contribution is -2.45. The van der Waals surface area contributed by atoms with Crippen molar-refractivity contribution in [3.05, 3.63) is 48.6 Å². The lowest BCUT2D eigenvalue weighted by atomic mass is 10.0. The van der Waals surface area contributed by atoms with Gasteiger partial charge in [0.1, 0.15) is 0 Å². The van der Waals surface area contributed by atoms with E-state index in [1.807, 2.05) is 6.08 Å². The molecule has 0 saturated heterocycles. The Bertz CT molecular complexity index is 1320. The third kappa shape index (κ3) is 64.8. The van der Waals surface area contributed by atoms with Crippen LogP contribution in [0.15, 0.2) is 48.6 Å². The number of hydrogen-bond acceptors (Lipinski definition) is 5. The molecule has 3 N–H and O–H groups in total. The second-order valence-corrected chi connectivity index (χ2v) is 24.2. The van der Waals surface area contributed by atoms with Crippen molar-refractivity contribution in [1.29, 1.82) is 0 Å². The summed E-state index contributed by atoms with van der Waals surface area (Å²) < 4.78 is 5.47. The van der Waals surface area contributed by atoms with Crippen molar-refractivity contribution in [2.45, 2.75) is 392 Å². The Kier molecular flexibility index (Phi) is 66.4. The number of nitrogens with one attached hydrogen (secondary N) is 1. The minimum Gasteiger partial charge on any atom is -0.466 e. The van der Waals surface area contributed by atoms with Crippen molar-refractivity contribution in [1.82, 2.24) is 5.32 Å². The molecule has 0 aliphatic heterocycles. The lowest BCUT2D eigenvalue weighted by Gasteiger charge is -2.20. The fourth-order valence-electron chi connectivity index (χ4n) is 10.9. The maximum absolute atomic E-state index is 12.5. The fourth-order valence-corrected chi connectivity index (χ4v) is 10.9. The number of esters is 1. The molecule has 0 rings (SSSR count). The average Bonchev–Trinajstić information content (AvgIpc) is 3.45. The normalized spacial score (nSPS) is 12.8. The summed E-state index contributed by atoms with van der Waals surface area (Å²) in [5, 5.41) is 23.1. The molecule has 1 amide bonds. The third-order valence-corrected chi connectivity index (χ3v) is 16.3. The first kappa shape index (κ1) is 76.8. The Labute approximate surface area is 493 Å². The molecule has 0 aromatic rings. The Hall–Kier alpha value is -2.18. The largest absolute Gasteiger partial charge is 0.466 e. The quantitative estimate of drug-likeness (QED) is 0.0320. The SMILES string of the molecule is CCCC/C=C\CCCCCCCC(=O)OCCCCCCCCCCCCCCCCC/C=C\C/C=C\CCCCCCCCCCCCCCCCCCCC(=O)NC(CO)C(O)/C=C/CCCCCCCCCCCC. The molecule has 0 heterocycles. The van der Waals surface area contributed by atoms with Gasteiger partial charge in [-0.1, -0.05) is 332 Å². The van der Waals surface area contributed by atoms with Crippen LogP contribution in [-0.4, -0.2) is 47.4 Å². The van der Waals surface area contributed by atoms with Gasteiger partial charge in [0.15, 0.2) is 0 Å². The summed E-state index contributed by atoms with van der Waals surface area (Å²) in [4.78, 5) is 24.5. The summed E-state index contributed by atoms with van der Waals surface area (Å²) in [7, 11) is 0. The van der Waals surface area contributed by atoms with Gasteiger partial charge in [-0.05, 0) is 83.5 Å². The molecule has 0 aliphatic rings. The van der Waals surface area contributed by atoms with E-state index in [9.17, 15) is 19.8 Å². The molecule has 0 spiro atoms. The van der Waals surface area contributed by atoms with Gasteiger partial charge in [0.25, 0.3) is 0 Å². The number of ether oxygens (including phenoxy) is 1. The molecule has 0 radical (unpaired) electrons. The predicted molar refractivity (Wildman–Crippen MR) is 347 cm³/mol. The van der Waals surface area contributed by atoms with Crippen LogP contribution >= 0.6 is 0 Å². The summed E-state index contributed by atoms with van der Waals surface area (Å²) in [5.41, 5.74) is 0. The van der Waals surface area contributed by atoms with Gasteiger partial charge in [-0.15, -0.1) is 0 Å². The first-order valence-corrected chi connectivity index (χ1v) is 35.4. The number of aliphatic hydroxyl groups is 2. The maximum atomic E-state index is 12.5. The summed E-state index contributed by atoms with van der Waals surface area (Å²) in [6, 6.07) is -0.625. The van der Waals surface area contributed by atoms with E-state index < -0.39 is 12.1 Å². The minimum atomic E-state index is -0.841. The molecule has 79 heavy (non-hydrogen) atoms. The summed E-state index contributed by atoms with van der Waals surface area (Å²) in [6.45, 7) is 4.88. The van der Waals surface area contributed by atoms with E-state index in [1.54, 1.807) is 6.08 Å². The lowest BCUT2D eigenvalue weighted by molar-refractivity contribution is -0.143. The number of carbonyl (C=O) groups excluding carboxylic acids is 2. The Balaban J connectivity index is 3.36. The molecule has 0 aliphatic carbocycles. The third-order valence-electron chi connectivity index (χ3n) is 16.3. The monoisotopic (exact) mass is 1110 g/mol. The molecule has 2 atom stereocenters. The van der Waals surface area contributed by atoms with Crippen molar-refractivity contribution in [2.75, 3.05) is 13.2 Å². The van der Waals surface area contributed by atoms with Gasteiger partial charge in [0.2, 0.25) is 5.91 Å². The molecule has 0 bridgehead atoms. The van der Waals surface area contributed by atoms with Gasteiger partial charge >= 0.3 is 5.97 Å². The zero-order valence-electron chi connectivity index (χ0n) is 53.1. The highest BCUT2D eigenvalue weighted by molar-refractivity contribution is 5.76. The van der Waals surface area contributed by atoms with E-state index in [4.69, 9.17) is 4.74 Å². The van der Waals surface area contributed by atoms with Crippen LogP contribution in [0.5, 0.6) is 0 Å². The van der Waals surface area contributed by atoms with Crippen LogP contribution in [0.25, 0.3) is 0 Å².